The summed E-state index contributed by atoms with van der Waals surface area (Å²) in [5.74, 6) is 1.40. The molecule has 0 atom stereocenters. The lowest BCUT2D eigenvalue weighted by atomic mass is 9.84. The third-order valence-electron chi connectivity index (χ3n) is 4.64. The van der Waals surface area contributed by atoms with E-state index >= 15 is 0 Å². The topological polar surface area (TPSA) is 47.6 Å². The maximum Gasteiger partial charge on any atom is 0.256 e. The van der Waals surface area contributed by atoms with E-state index in [2.05, 4.69) is 33.0 Å². The summed E-state index contributed by atoms with van der Waals surface area (Å²) in [5, 5.41) is 3.03. The number of amides is 1. The van der Waals surface area contributed by atoms with Gasteiger partial charge in [0.25, 0.3) is 5.91 Å². The number of methoxy groups -OCH3 is 1. The number of anilines is 1. The smallest absolute Gasteiger partial charge is 0.256 e. The molecule has 0 saturated carbocycles. The molecule has 0 aromatic heterocycles. The minimum absolute atomic E-state index is 0.0876. The molecule has 2 aromatic carbocycles. The Balaban J connectivity index is 2.03. The molecule has 0 saturated heterocycles. The fourth-order valence-corrected chi connectivity index (χ4v) is 3.47. The summed E-state index contributed by atoms with van der Waals surface area (Å²) < 4.78 is 11.6. The Morgan fingerprint density at radius 1 is 0.929 bits per heavy atom. The zero-order valence-corrected chi connectivity index (χ0v) is 17.7. The number of carbonyl (C=O) groups excluding carboxylic acids is 1. The Bertz CT molecular complexity index is 713. The van der Waals surface area contributed by atoms with Crippen LogP contribution in [-0.2, 0) is 16.1 Å². The van der Waals surface area contributed by atoms with Gasteiger partial charge in [-0.2, -0.15) is 0 Å². The summed E-state index contributed by atoms with van der Waals surface area (Å²) in [4.78, 5) is 13.1. The molecule has 1 amide bonds. The lowest BCUT2D eigenvalue weighted by Crippen LogP contribution is -2.46. The zero-order chi connectivity index (χ0) is 20.6. The predicted molar refractivity (Wildman–Crippen MR) is 114 cm³/mol. The quantitative estimate of drug-likeness (QED) is 0.574. The molecule has 0 aliphatic carbocycles. The summed E-state index contributed by atoms with van der Waals surface area (Å²) >= 11 is 0. The first-order valence-electron chi connectivity index (χ1n) is 9.98. The van der Waals surface area contributed by atoms with Crippen LogP contribution in [0.1, 0.15) is 46.1 Å². The van der Waals surface area contributed by atoms with Crippen molar-refractivity contribution in [1.82, 2.24) is 0 Å². The SMILES string of the molecule is COC(CC(C)C)(CC(C)C)C(=O)Nc1ccc(OCc2ccccc2)cc1. The molecule has 4 nitrogen and oxygen atoms in total. The third-order valence-corrected chi connectivity index (χ3v) is 4.64. The molecule has 2 aromatic rings. The molecule has 0 bridgehead atoms. The van der Waals surface area contributed by atoms with Gasteiger partial charge in [-0.15, -0.1) is 0 Å². The van der Waals surface area contributed by atoms with Gasteiger partial charge < -0.3 is 14.8 Å². The van der Waals surface area contributed by atoms with Crippen LogP contribution in [0.4, 0.5) is 5.69 Å². The molecule has 0 unspecified atom stereocenters. The van der Waals surface area contributed by atoms with Crippen molar-refractivity contribution in [3.8, 4) is 5.75 Å². The molecule has 152 valence electrons. The minimum Gasteiger partial charge on any atom is -0.489 e. The van der Waals surface area contributed by atoms with E-state index in [-0.39, 0.29) is 5.91 Å². The van der Waals surface area contributed by atoms with Crippen LogP contribution in [0.25, 0.3) is 0 Å². The predicted octanol–water partition coefficient (Wildman–Crippen LogP) is 5.68. The molecule has 0 aliphatic heterocycles. The van der Waals surface area contributed by atoms with Gasteiger partial charge in [0, 0.05) is 12.8 Å². The summed E-state index contributed by atoms with van der Waals surface area (Å²) in [6, 6.07) is 17.5. The van der Waals surface area contributed by atoms with Gasteiger partial charge in [-0.3, -0.25) is 4.79 Å². The Hall–Kier alpha value is -2.33. The van der Waals surface area contributed by atoms with Crippen LogP contribution in [0.5, 0.6) is 5.75 Å². The van der Waals surface area contributed by atoms with Crippen LogP contribution >= 0.6 is 0 Å². The Morgan fingerprint density at radius 2 is 1.50 bits per heavy atom. The highest BCUT2D eigenvalue weighted by Gasteiger charge is 2.39. The van der Waals surface area contributed by atoms with Crippen LogP contribution in [0, 0.1) is 11.8 Å². The minimum atomic E-state index is -0.815. The van der Waals surface area contributed by atoms with Gasteiger partial charge in [0.2, 0.25) is 0 Å². The lowest BCUT2D eigenvalue weighted by molar-refractivity contribution is -0.142. The van der Waals surface area contributed by atoms with Crippen molar-refractivity contribution in [2.45, 2.75) is 52.7 Å². The third kappa shape index (κ3) is 6.38. The number of benzene rings is 2. The van der Waals surface area contributed by atoms with Crippen molar-refractivity contribution in [2.75, 3.05) is 12.4 Å². The number of carbonyl (C=O) groups is 1. The first kappa shape index (κ1) is 22.0. The second-order valence-corrected chi connectivity index (χ2v) is 8.15. The van der Waals surface area contributed by atoms with Gasteiger partial charge >= 0.3 is 0 Å². The number of rotatable bonds is 10. The number of hydrogen-bond donors (Lipinski definition) is 1. The maximum absolute atomic E-state index is 13.1. The first-order valence-corrected chi connectivity index (χ1v) is 9.98. The zero-order valence-electron chi connectivity index (χ0n) is 17.7. The highest BCUT2D eigenvalue weighted by atomic mass is 16.5. The van der Waals surface area contributed by atoms with Gasteiger partial charge in [0.05, 0.1) is 0 Å². The molecule has 0 aliphatic rings. The van der Waals surface area contributed by atoms with E-state index in [1.807, 2.05) is 54.6 Å². The van der Waals surface area contributed by atoms with Crippen molar-refractivity contribution in [3.05, 3.63) is 60.2 Å². The molecule has 0 spiro atoms. The second-order valence-electron chi connectivity index (χ2n) is 8.15. The normalized spacial score (nSPS) is 11.7. The van der Waals surface area contributed by atoms with E-state index in [0.29, 0.717) is 31.3 Å². The fourth-order valence-electron chi connectivity index (χ4n) is 3.47. The number of hydrogen-bond acceptors (Lipinski definition) is 3. The van der Waals surface area contributed by atoms with Crippen LogP contribution in [0.3, 0.4) is 0 Å². The van der Waals surface area contributed by atoms with Crippen LogP contribution < -0.4 is 10.1 Å². The van der Waals surface area contributed by atoms with E-state index in [9.17, 15) is 4.79 Å². The molecule has 0 radical (unpaired) electrons. The summed E-state index contributed by atoms with van der Waals surface area (Å²) in [7, 11) is 1.63. The first-order chi connectivity index (χ1) is 13.3. The van der Waals surface area contributed by atoms with Crippen molar-refractivity contribution < 1.29 is 14.3 Å². The molecular weight excluding hydrogens is 350 g/mol. The standard InChI is InChI=1S/C24H33NO3/c1-18(2)15-24(27-5,16-19(3)4)23(26)25-21-11-13-22(14-12-21)28-17-20-9-7-6-8-10-20/h6-14,18-19H,15-17H2,1-5H3,(H,25,26). The van der Waals surface area contributed by atoms with Crippen LogP contribution in [0.15, 0.2) is 54.6 Å². The average molecular weight is 384 g/mol. The molecule has 28 heavy (non-hydrogen) atoms. The summed E-state index contributed by atoms with van der Waals surface area (Å²) in [6.07, 6.45) is 1.37. The van der Waals surface area contributed by atoms with Crippen molar-refractivity contribution >= 4 is 11.6 Å². The highest BCUT2D eigenvalue weighted by Crippen LogP contribution is 2.30. The van der Waals surface area contributed by atoms with E-state index < -0.39 is 5.60 Å². The van der Waals surface area contributed by atoms with E-state index in [4.69, 9.17) is 9.47 Å². The summed E-state index contributed by atoms with van der Waals surface area (Å²) in [6.45, 7) is 8.96. The fraction of sp³-hybridized carbons (Fsp3) is 0.458. The number of ether oxygens (including phenoxy) is 2. The van der Waals surface area contributed by atoms with Gasteiger partial charge in [0.1, 0.15) is 18.0 Å². The van der Waals surface area contributed by atoms with Crippen LogP contribution in [0.2, 0.25) is 0 Å². The van der Waals surface area contributed by atoms with E-state index in [1.165, 1.54) is 0 Å². The molecular formula is C24H33NO3. The monoisotopic (exact) mass is 383 g/mol. The average Bonchev–Trinajstić information content (AvgIpc) is 2.67. The molecule has 1 N–H and O–H groups in total. The largest absolute Gasteiger partial charge is 0.489 e. The summed E-state index contributed by atoms with van der Waals surface area (Å²) in [5.41, 5.74) is 1.04. The Kier molecular flexibility index (Phi) is 8.06. The van der Waals surface area contributed by atoms with E-state index in [1.54, 1.807) is 7.11 Å². The molecule has 0 fully saturated rings. The highest BCUT2D eigenvalue weighted by molar-refractivity contribution is 5.97. The van der Waals surface area contributed by atoms with Crippen molar-refractivity contribution in [2.24, 2.45) is 11.8 Å². The second kappa shape index (κ2) is 10.3. The van der Waals surface area contributed by atoms with Gasteiger partial charge in [-0.05, 0) is 54.5 Å². The van der Waals surface area contributed by atoms with E-state index in [0.717, 1.165) is 17.0 Å². The molecule has 0 heterocycles. The Labute approximate surface area is 169 Å². The Morgan fingerprint density at radius 3 is 2.00 bits per heavy atom. The maximum atomic E-state index is 13.1. The number of nitrogens with one attached hydrogen (secondary N) is 1. The molecule has 4 heteroatoms. The lowest BCUT2D eigenvalue weighted by Gasteiger charge is -2.34. The van der Waals surface area contributed by atoms with Gasteiger partial charge in [-0.1, -0.05) is 58.0 Å². The van der Waals surface area contributed by atoms with Crippen LogP contribution in [-0.4, -0.2) is 18.6 Å². The van der Waals surface area contributed by atoms with Crippen molar-refractivity contribution in [3.63, 3.8) is 0 Å². The van der Waals surface area contributed by atoms with Gasteiger partial charge in [0.15, 0.2) is 0 Å². The van der Waals surface area contributed by atoms with Gasteiger partial charge in [-0.25, -0.2) is 0 Å². The molecule has 2 rings (SSSR count). The van der Waals surface area contributed by atoms with Crippen molar-refractivity contribution in [1.29, 1.82) is 0 Å².